The van der Waals surface area contributed by atoms with Crippen LogP contribution < -0.4 is 0 Å². The van der Waals surface area contributed by atoms with Crippen LogP contribution in [0, 0.1) is 0 Å². The van der Waals surface area contributed by atoms with Crippen molar-refractivity contribution >= 4 is 6.29 Å². The standard InChI is InChI=1S/C12H14O/c1-3-9-12(2,10-13)11-7-5-4-6-8-11/h3-10H,1-2H3/b9-3+/t12-/m0/s1. The molecule has 1 rings (SSSR count). The zero-order valence-electron chi connectivity index (χ0n) is 8.03. The van der Waals surface area contributed by atoms with E-state index in [-0.39, 0.29) is 0 Å². The molecule has 1 atom stereocenters. The minimum absolute atomic E-state index is 0.476. The first-order valence-corrected chi connectivity index (χ1v) is 4.38. The molecule has 0 aromatic heterocycles. The van der Waals surface area contributed by atoms with E-state index in [0.29, 0.717) is 0 Å². The van der Waals surface area contributed by atoms with Crippen LogP contribution >= 0.6 is 0 Å². The van der Waals surface area contributed by atoms with Crippen molar-refractivity contribution in [2.75, 3.05) is 0 Å². The fraction of sp³-hybridized carbons (Fsp3) is 0.250. The van der Waals surface area contributed by atoms with Gasteiger partial charge in [-0.2, -0.15) is 0 Å². The smallest absolute Gasteiger partial charge is 0.134 e. The molecule has 0 aliphatic carbocycles. The van der Waals surface area contributed by atoms with Crippen molar-refractivity contribution < 1.29 is 4.79 Å². The number of aldehydes is 1. The Labute approximate surface area is 79.1 Å². The number of carbonyl (C=O) groups is 1. The summed E-state index contributed by atoms with van der Waals surface area (Å²) in [6.07, 6.45) is 4.79. The van der Waals surface area contributed by atoms with Crippen LogP contribution in [0.25, 0.3) is 0 Å². The first-order valence-electron chi connectivity index (χ1n) is 4.38. The average molecular weight is 174 g/mol. The highest BCUT2D eigenvalue weighted by atomic mass is 16.1. The van der Waals surface area contributed by atoms with Gasteiger partial charge in [-0.25, -0.2) is 0 Å². The molecule has 0 heterocycles. The molecule has 0 radical (unpaired) electrons. The Bertz CT molecular complexity index is 300. The lowest BCUT2D eigenvalue weighted by Gasteiger charge is -2.18. The van der Waals surface area contributed by atoms with Crippen molar-refractivity contribution in [3.8, 4) is 0 Å². The number of allylic oxidation sites excluding steroid dienone is 2. The van der Waals surface area contributed by atoms with E-state index in [2.05, 4.69) is 0 Å². The Morgan fingerprint density at radius 3 is 2.31 bits per heavy atom. The predicted octanol–water partition coefficient (Wildman–Crippen LogP) is 2.72. The third-order valence-corrected chi connectivity index (χ3v) is 2.15. The highest BCUT2D eigenvalue weighted by Crippen LogP contribution is 2.22. The summed E-state index contributed by atoms with van der Waals surface area (Å²) < 4.78 is 0. The minimum atomic E-state index is -0.476. The Kier molecular flexibility index (Phi) is 3.02. The third-order valence-electron chi connectivity index (χ3n) is 2.15. The Hall–Kier alpha value is -1.37. The van der Waals surface area contributed by atoms with Crippen LogP contribution in [0.3, 0.4) is 0 Å². The summed E-state index contributed by atoms with van der Waals surface area (Å²) in [5.74, 6) is 0. The molecule has 0 fully saturated rings. The molecule has 0 unspecified atom stereocenters. The molecule has 13 heavy (non-hydrogen) atoms. The topological polar surface area (TPSA) is 17.1 Å². The molecular weight excluding hydrogens is 160 g/mol. The Morgan fingerprint density at radius 1 is 1.23 bits per heavy atom. The second kappa shape index (κ2) is 4.04. The minimum Gasteiger partial charge on any atom is -0.302 e. The predicted molar refractivity (Wildman–Crippen MR) is 54.7 cm³/mol. The van der Waals surface area contributed by atoms with Crippen molar-refractivity contribution in [3.63, 3.8) is 0 Å². The van der Waals surface area contributed by atoms with Gasteiger partial charge in [0, 0.05) is 0 Å². The fourth-order valence-corrected chi connectivity index (χ4v) is 1.35. The van der Waals surface area contributed by atoms with Crippen LogP contribution in [0.5, 0.6) is 0 Å². The summed E-state index contributed by atoms with van der Waals surface area (Å²) in [6.45, 7) is 3.83. The molecule has 1 aromatic carbocycles. The first kappa shape index (κ1) is 9.72. The SMILES string of the molecule is C/C=C/[C@@](C)(C=O)c1ccccc1. The van der Waals surface area contributed by atoms with Gasteiger partial charge in [0.2, 0.25) is 0 Å². The second-order valence-electron chi connectivity index (χ2n) is 3.27. The Morgan fingerprint density at radius 2 is 1.85 bits per heavy atom. The van der Waals surface area contributed by atoms with Gasteiger partial charge in [0.15, 0.2) is 0 Å². The van der Waals surface area contributed by atoms with E-state index in [0.717, 1.165) is 11.8 Å². The number of carbonyl (C=O) groups excluding carboxylic acids is 1. The van der Waals surface area contributed by atoms with Gasteiger partial charge < -0.3 is 4.79 Å². The maximum atomic E-state index is 11.0. The summed E-state index contributed by atoms with van der Waals surface area (Å²) in [7, 11) is 0. The molecule has 0 spiro atoms. The van der Waals surface area contributed by atoms with E-state index in [1.165, 1.54) is 0 Å². The molecule has 1 aromatic rings. The number of benzene rings is 1. The van der Waals surface area contributed by atoms with Crippen molar-refractivity contribution in [3.05, 3.63) is 48.0 Å². The van der Waals surface area contributed by atoms with Crippen molar-refractivity contribution in [1.29, 1.82) is 0 Å². The highest BCUT2D eigenvalue weighted by Gasteiger charge is 2.21. The number of hydrogen-bond acceptors (Lipinski definition) is 1. The van der Waals surface area contributed by atoms with Crippen LogP contribution in [0.1, 0.15) is 19.4 Å². The summed E-state index contributed by atoms with van der Waals surface area (Å²) in [5, 5.41) is 0. The van der Waals surface area contributed by atoms with Gasteiger partial charge in [-0.3, -0.25) is 0 Å². The maximum Gasteiger partial charge on any atom is 0.134 e. The van der Waals surface area contributed by atoms with Crippen LogP contribution in [-0.2, 0) is 10.2 Å². The maximum absolute atomic E-state index is 11.0. The van der Waals surface area contributed by atoms with Crippen molar-refractivity contribution in [2.45, 2.75) is 19.3 Å². The highest BCUT2D eigenvalue weighted by molar-refractivity contribution is 5.71. The summed E-state index contributed by atoms with van der Waals surface area (Å²) in [6, 6.07) is 9.77. The van der Waals surface area contributed by atoms with Crippen LogP contribution in [0.15, 0.2) is 42.5 Å². The van der Waals surface area contributed by atoms with Crippen molar-refractivity contribution in [1.82, 2.24) is 0 Å². The van der Waals surface area contributed by atoms with E-state index in [1.807, 2.05) is 56.3 Å². The van der Waals surface area contributed by atoms with E-state index >= 15 is 0 Å². The van der Waals surface area contributed by atoms with Crippen LogP contribution in [0.4, 0.5) is 0 Å². The summed E-state index contributed by atoms with van der Waals surface area (Å²) >= 11 is 0. The largest absolute Gasteiger partial charge is 0.302 e. The van der Waals surface area contributed by atoms with Crippen LogP contribution in [0.2, 0.25) is 0 Å². The molecule has 0 saturated heterocycles. The third kappa shape index (κ3) is 2.05. The molecule has 68 valence electrons. The molecule has 1 heteroatoms. The van der Waals surface area contributed by atoms with Gasteiger partial charge in [-0.1, -0.05) is 42.5 Å². The van der Waals surface area contributed by atoms with Gasteiger partial charge in [0.1, 0.15) is 6.29 Å². The zero-order valence-corrected chi connectivity index (χ0v) is 8.03. The fourth-order valence-electron chi connectivity index (χ4n) is 1.35. The molecular formula is C12H14O. The normalized spacial score (nSPS) is 15.5. The quantitative estimate of drug-likeness (QED) is 0.508. The monoisotopic (exact) mass is 174 g/mol. The molecule has 0 saturated carbocycles. The van der Waals surface area contributed by atoms with E-state index in [4.69, 9.17) is 0 Å². The van der Waals surface area contributed by atoms with E-state index < -0.39 is 5.41 Å². The lowest BCUT2D eigenvalue weighted by Crippen LogP contribution is -2.20. The molecule has 0 amide bonds. The lowest BCUT2D eigenvalue weighted by atomic mass is 9.84. The Balaban J connectivity index is 3.10. The van der Waals surface area contributed by atoms with E-state index in [1.54, 1.807) is 0 Å². The second-order valence-corrected chi connectivity index (χ2v) is 3.27. The molecule has 1 nitrogen and oxygen atoms in total. The number of rotatable bonds is 3. The zero-order chi connectivity index (χ0) is 9.73. The summed E-state index contributed by atoms with van der Waals surface area (Å²) in [5.41, 5.74) is 0.554. The van der Waals surface area contributed by atoms with Gasteiger partial charge in [0.25, 0.3) is 0 Å². The summed E-state index contributed by atoms with van der Waals surface area (Å²) in [4.78, 5) is 11.0. The molecule has 0 N–H and O–H groups in total. The molecule has 0 bridgehead atoms. The van der Waals surface area contributed by atoms with E-state index in [9.17, 15) is 4.79 Å². The molecule has 0 aliphatic heterocycles. The number of hydrogen-bond donors (Lipinski definition) is 0. The van der Waals surface area contributed by atoms with Crippen molar-refractivity contribution in [2.24, 2.45) is 0 Å². The first-order chi connectivity index (χ1) is 6.23. The van der Waals surface area contributed by atoms with Gasteiger partial charge in [-0.15, -0.1) is 0 Å². The molecule has 0 aliphatic rings. The van der Waals surface area contributed by atoms with Gasteiger partial charge in [0.05, 0.1) is 5.41 Å². The van der Waals surface area contributed by atoms with Gasteiger partial charge in [-0.05, 0) is 19.4 Å². The average Bonchev–Trinajstić information content (AvgIpc) is 2.19. The van der Waals surface area contributed by atoms with Gasteiger partial charge >= 0.3 is 0 Å². The lowest BCUT2D eigenvalue weighted by molar-refractivity contribution is -0.110. The van der Waals surface area contributed by atoms with Crippen LogP contribution in [-0.4, -0.2) is 6.29 Å².